The normalized spacial score (nSPS) is 10.1. The molecule has 0 fully saturated rings. The van der Waals surface area contributed by atoms with Gasteiger partial charge in [-0.3, -0.25) is 4.79 Å². The zero-order valence-corrected chi connectivity index (χ0v) is 9.79. The van der Waals surface area contributed by atoms with E-state index in [0.717, 1.165) is 0 Å². The number of benzene rings is 2. The fourth-order valence-electron chi connectivity index (χ4n) is 1.57. The zero-order chi connectivity index (χ0) is 13.8. The first kappa shape index (κ1) is 13.3. The highest BCUT2D eigenvalue weighted by Gasteiger charge is 2.12. The Labute approximate surface area is 109 Å². The summed E-state index contributed by atoms with van der Waals surface area (Å²) < 4.78 is 17.4. The Morgan fingerprint density at radius 3 is 1.89 bits per heavy atom. The molecule has 2 rings (SSSR count). The maximum atomic E-state index is 12.8. The highest BCUT2D eigenvalue weighted by atomic mass is 19.1. The Morgan fingerprint density at radius 2 is 1.42 bits per heavy atom. The Kier molecular flexibility index (Phi) is 3.94. The van der Waals surface area contributed by atoms with Crippen molar-refractivity contribution in [3.8, 4) is 5.75 Å². The van der Waals surface area contributed by atoms with Crippen molar-refractivity contribution >= 4 is 13.1 Å². The molecule has 19 heavy (non-hydrogen) atoms. The second-order valence-electron chi connectivity index (χ2n) is 3.80. The van der Waals surface area contributed by atoms with E-state index < -0.39 is 13.1 Å². The first-order chi connectivity index (χ1) is 9.06. The summed E-state index contributed by atoms with van der Waals surface area (Å²) >= 11 is 0. The molecule has 0 saturated carbocycles. The summed E-state index contributed by atoms with van der Waals surface area (Å²) in [6.07, 6.45) is 0. The molecule has 6 heteroatoms. The molecule has 0 unspecified atom stereocenters. The van der Waals surface area contributed by atoms with Gasteiger partial charge in [0.2, 0.25) is 0 Å². The number of halogens is 1. The third-order valence-electron chi connectivity index (χ3n) is 2.46. The number of ketones is 1. The summed E-state index contributed by atoms with van der Waals surface area (Å²) in [6.45, 7) is 0. The smallest absolute Gasteiger partial charge is 0.512 e. The monoisotopic (exact) mass is 260 g/mol. The third kappa shape index (κ3) is 3.40. The number of rotatable bonds is 4. The Morgan fingerprint density at radius 1 is 0.947 bits per heavy atom. The van der Waals surface area contributed by atoms with Crippen LogP contribution >= 0.6 is 0 Å². The van der Waals surface area contributed by atoms with Crippen LogP contribution in [0, 0.1) is 5.82 Å². The average molecular weight is 260 g/mol. The van der Waals surface area contributed by atoms with E-state index in [1.165, 1.54) is 48.5 Å². The molecule has 0 aliphatic rings. The van der Waals surface area contributed by atoms with Crippen LogP contribution < -0.4 is 4.65 Å². The van der Waals surface area contributed by atoms with Crippen LogP contribution in [-0.4, -0.2) is 23.2 Å². The maximum absolute atomic E-state index is 12.8. The quantitative estimate of drug-likeness (QED) is 0.644. The van der Waals surface area contributed by atoms with E-state index in [9.17, 15) is 9.18 Å². The molecule has 2 aromatic carbocycles. The van der Waals surface area contributed by atoms with E-state index in [0.29, 0.717) is 11.1 Å². The molecule has 0 atom stereocenters. The number of hydrogen-bond donors (Lipinski definition) is 2. The maximum Gasteiger partial charge on any atom is 0.707 e. The van der Waals surface area contributed by atoms with Gasteiger partial charge in [-0.1, -0.05) is 0 Å². The first-order valence-corrected chi connectivity index (χ1v) is 5.49. The lowest BCUT2D eigenvalue weighted by Crippen LogP contribution is -2.20. The van der Waals surface area contributed by atoms with Gasteiger partial charge in [0, 0.05) is 11.1 Å². The lowest BCUT2D eigenvalue weighted by Gasteiger charge is -2.05. The average Bonchev–Trinajstić information content (AvgIpc) is 2.39. The van der Waals surface area contributed by atoms with Gasteiger partial charge in [-0.25, -0.2) is 4.39 Å². The van der Waals surface area contributed by atoms with Crippen LogP contribution in [0.2, 0.25) is 0 Å². The molecule has 2 aromatic rings. The molecule has 0 spiro atoms. The van der Waals surface area contributed by atoms with E-state index in [1.807, 2.05) is 0 Å². The topological polar surface area (TPSA) is 66.8 Å². The molecule has 0 aromatic heterocycles. The van der Waals surface area contributed by atoms with Crippen LogP contribution in [0.4, 0.5) is 4.39 Å². The molecule has 2 N–H and O–H groups in total. The van der Waals surface area contributed by atoms with E-state index in [2.05, 4.69) is 4.65 Å². The second-order valence-corrected chi connectivity index (χ2v) is 3.80. The van der Waals surface area contributed by atoms with E-state index in [4.69, 9.17) is 10.0 Å². The highest BCUT2D eigenvalue weighted by Crippen LogP contribution is 2.16. The van der Waals surface area contributed by atoms with Crippen LogP contribution in [0.15, 0.2) is 48.5 Å². The largest absolute Gasteiger partial charge is 0.707 e. The van der Waals surface area contributed by atoms with Gasteiger partial charge in [0.1, 0.15) is 11.6 Å². The fraction of sp³-hybridized carbons (Fsp3) is 0. The molecule has 4 nitrogen and oxygen atoms in total. The highest BCUT2D eigenvalue weighted by molar-refractivity contribution is 6.33. The lowest BCUT2D eigenvalue weighted by atomic mass is 10.0. The fourth-order valence-corrected chi connectivity index (χ4v) is 1.57. The minimum Gasteiger partial charge on any atom is -0.512 e. The molecule has 0 radical (unpaired) electrons. The number of carbonyl (C=O) groups is 1. The molecular formula is C13H10BFO4. The van der Waals surface area contributed by atoms with Crippen LogP contribution in [0.5, 0.6) is 5.75 Å². The number of carbonyl (C=O) groups excluding carboxylic acids is 1. The van der Waals surface area contributed by atoms with Gasteiger partial charge in [0.05, 0.1) is 0 Å². The minimum absolute atomic E-state index is 0.227. The van der Waals surface area contributed by atoms with Gasteiger partial charge in [0.15, 0.2) is 5.78 Å². The first-order valence-electron chi connectivity index (χ1n) is 5.49. The molecule has 0 aliphatic heterocycles. The number of hydrogen-bond acceptors (Lipinski definition) is 4. The van der Waals surface area contributed by atoms with Crippen molar-refractivity contribution < 1.29 is 23.9 Å². The molecule has 0 amide bonds. The summed E-state index contributed by atoms with van der Waals surface area (Å²) in [5.41, 5.74) is 0.767. The third-order valence-corrected chi connectivity index (χ3v) is 2.46. The van der Waals surface area contributed by atoms with Crippen molar-refractivity contribution in [1.82, 2.24) is 0 Å². The predicted octanol–water partition coefficient (Wildman–Crippen LogP) is 1.40. The second kappa shape index (κ2) is 5.64. The van der Waals surface area contributed by atoms with Crippen molar-refractivity contribution in [2.45, 2.75) is 0 Å². The SMILES string of the molecule is O=C(c1ccc(F)cc1)c1ccc(OB(O)O)cc1. The minimum atomic E-state index is -1.90. The molecule has 0 saturated heterocycles. The Hall–Kier alpha value is -2.18. The summed E-state index contributed by atoms with van der Waals surface area (Å²) in [5, 5.41) is 17.2. The zero-order valence-electron chi connectivity index (χ0n) is 9.79. The van der Waals surface area contributed by atoms with Crippen LogP contribution in [0.3, 0.4) is 0 Å². The van der Waals surface area contributed by atoms with Gasteiger partial charge in [-0.2, -0.15) is 0 Å². The molecular weight excluding hydrogens is 250 g/mol. The lowest BCUT2D eigenvalue weighted by molar-refractivity contribution is 0.103. The summed E-state index contributed by atoms with van der Waals surface area (Å²) in [5.74, 6) is -0.431. The molecule has 0 heterocycles. The van der Waals surface area contributed by atoms with Gasteiger partial charge >= 0.3 is 7.32 Å². The van der Waals surface area contributed by atoms with E-state index in [-0.39, 0.29) is 11.5 Å². The van der Waals surface area contributed by atoms with E-state index >= 15 is 0 Å². The summed E-state index contributed by atoms with van der Waals surface area (Å²) in [7, 11) is -1.90. The van der Waals surface area contributed by atoms with Gasteiger partial charge in [0.25, 0.3) is 0 Å². The van der Waals surface area contributed by atoms with Gasteiger partial charge < -0.3 is 14.7 Å². The molecule has 0 aliphatic carbocycles. The van der Waals surface area contributed by atoms with Crippen LogP contribution in [-0.2, 0) is 0 Å². The molecule has 96 valence electrons. The molecule has 0 bridgehead atoms. The Bertz CT molecular complexity index is 566. The Balaban J connectivity index is 2.17. The summed E-state index contributed by atoms with van der Waals surface area (Å²) in [4.78, 5) is 12.0. The van der Waals surface area contributed by atoms with Gasteiger partial charge in [-0.15, -0.1) is 0 Å². The summed E-state index contributed by atoms with van der Waals surface area (Å²) in [6, 6.07) is 11.1. The standard InChI is InChI=1S/C13H10BFO4/c15-11-5-1-9(2-6-11)13(16)10-3-7-12(8-4-10)19-14(17)18/h1-8,17-18H. The van der Waals surface area contributed by atoms with Crippen molar-refractivity contribution in [2.24, 2.45) is 0 Å². The van der Waals surface area contributed by atoms with Crippen molar-refractivity contribution in [2.75, 3.05) is 0 Å². The van der Waals surface area contributed by atoms with Gasteiger partial charge in [-0.05, 0) is 48.5 Å². The van der Waals surface area contributed by atoms with Crippen molar-refractivity contribution in [3.63, 3.8) is 0 Å². The van der Waals surface area contributed by atoms with Crippen molar-refractivity contribution in [3.05, 3.63) is 65.5 Å². The van der Waals surface area contributed by atoms with Crippen molar-refractivity contribution in [1.29, 1.82) is 0 Å². The van der Waals surface area contributed by atoms with Crippen LogP contribution in [0.25, 0.3) is 0 Å². The van der Waals surface area contributed by atoms with Crippen LogP contribution in [0.1, 0.15) is 15.9 Å². The predicted molar refractivity (Wildman–Crippen MR) is 67.1 cm³/mol. The van der Waals surface area contributed by atoms with E-state index in [1.54, 1.807) is 0 Å².